The highest BCUT2D eigenvalue weighted by molar-refractivity contribution is 5.85. The summed E-state index contributed by atoms with van der Waals surface area (Å²) in [6.07, 6.45) is 0. The van der Waals surface area contributed by atoms with Gasteiger partial charge in [-0.25, -0.2) is 4.79 Å². The third-order valence-corrected chi connectivity index (χ3v) is 2.60. The Kier molecular flexibility index (Phi) is 8.38. The molecule has 0 radical (unpaired) electrons. The van der Waals surface area contributed by atoms with Gasteiger partial charge in [0, 0.05) is 23.2 Å². The maximum Gasteiger partial charge on any atom is 0.336 e. The lowest BCUT2D eigenvalue weighted by Crippen LogP contribution is -2.34. The Morgan fingerprint density at radius 2 is 1.96 bits per heavy atom. The Hall–Kier alpha value is -2.58. The average molecular weight is 344 g/mol. The zero-order chi connectivity index (χ0) is 16.7. The number of hydrogen-bond donors (Lipinski definition) is 4. The molecular weight excluding hydrogens is 326 g/mol. The molecule has 2 rings (SSSR count). The number of hydrogen-bond acceptors (Lipinski definition) is 6. The molecule has 23 heavy (non-hydrogen) atoms. The van der Waals surface area contributed by atoms with E-state index in [1.807, 2.05) is 13.0 Å². The lowest BCUT2D eigenvalue weighted by atomic mass is 10.1. The molecule has 0 unspecified atom stereocenters. The predicted octanol–water partition coefficient (Wildman–Crippen LogP) is 0.251. The molecule has 2 aromatic rings. The summed E-state index contributed by atoms with van der Waals surface area (Å²) in [6.45, 7) is 1.33. The van der Waals surface area contributed by atoms with E-state index < -0.39 is 11.9 Å². The molecule has 0 saturated heterocycles. The smallest absolute Gasteiger partial charge is 0.336 e. The molecule has 0 atom stereocenters. The fourth-order valence-electron chi connectivity index (χ4n) is 1.59. The summed E-state index contributed by atoms with van der Waals surface area (Å²) in [4.78, 5) is 31.0. The van der Waals surface area contributed by atoms with Gasteiger partial charge in [-0.2, -0.15) is 0 Å². The number of benzene rings is 1. The number of aliphatic carboxylic acids is 1. The van der Waals surface area contributed by atoms with Gasteiger partial charge in [0.1, 0.15) is 12.1 Å². The normalized spacial score (nSPS) is 9.30. The molecule has 0 aliphatic heterocycles. The fraction of sp³-hybridized carbons (Fsp3) is 0.214. The van der Waals surface area contributed by atoms with Crippen LogP contribution in [0.25, 0.3) is 11.0 Å². The van der Waals surface area contributed by atoms with Crippen LogP contribution in [0.4, 0.5) is 5.69 Å². The summed E-state index contributed by atoms with van der Waals surface area (Å²) < 4.78 is 4.99. The Balaban J connectivity index is 0.000000434. The zero-order valence-electron chi connectivity index (χ0n) is 12.4. The highest BCUT2D eigenvalue weighted by Gasteiger charge is 2.01. The van der Waals surface area contributed by atoms with E-state index in [0.717, 1.165) is 10.9 Å². The molecule has 9 heteroatoms. The number of nitrogens with two attached hydrogens (primary N) is 2. The number of nitrogens with one attached hydrogen (secondary N) is 1. The van der Waals surface area contributed by atoms with E-state index in [9.17, 15) is 14.4 Å². The van der Waals surface area contributed by atoms with Gasteiger partial charge in [-0.3, -0.25) is 9.59 Å². The Morgan fingerprint density at radius 3 is 2.52 bits per heavy atom. The molecule has 8 nitrogen and oxygen atoms in total. The lowest BCUT2D eigenvalue weighted by Gasteiger charge is -2.00. The highest BCUT2D eigenvalue weighted by atomic mass is 35.5. The summed E-state index contributed by atoms with van der Waals surface area (Å²) >= 11 is 0. The summed E-state index contributed by atoms with van der Waals surface area (Å²) in [6, 6.07) is 6.76. The summed E-state index contributed by atoms with van der Waals surface area (Å²) in [7, 11) is 0. The van der Waals surface area contributed by atoms with Crippen molar-refractivity contribution in [2.45, 2.75) is 6.92 Å². The number of carboxylic acids is 1. The van der Waals surface area contributed by atoms with Crippen molar-refractivity contribution in [1.82, 2.24) is 5.32 Å². The number of halogens is 1. The number of amides is 1. The standard InChI is InChI=1S/C10H9NO2.C4H8N2O3.ClH/c1-6-4-10(12)13-9-5-7(11)2-3-8(6)9;5-1-3(7)6-2-4(8)9;/h2-5H,11H2,1H3;1-2,5H2,(H,6,7)(H,8,9);1H. The molecule has 0 aliphatic carbocycles. The van der Waals surface area contributed by atoms with Gasteiger partial charge >= 0.3 is 11.6 Å². The Labute approximate surface area is 137 Å². The number of anilines is 1. The molecule has 1 aromatic heterocycles. The quantitative estimate of drug-likeness (QED) is 0.461. The first-order valence-electron chi connectivity index (χ1n) is 6.32. The lowest BCUT2D eigenvalue weighted by molar-refractivity contribution is -0.137. The van der Waals surface area contributed by atoms with E-state index in [-0.39, 0.29) is 31.1 Å². The van der Waals surface area contributed by atoms with Gasteiger partial charge in [0.15, 0.2) is 0 Å². The van der Waals surface area contributed by atoms with Crippen LogP contribution >= 0.6 is 12.4 Å². The van der Waals surface area contributed by atoms with Crippen LogP contribution in [0.15, 0.2) is 33.5 Å². The molecular formula is C14H18ClN3O5. The number of carbonyl (C=O) groups excluding carboxylic acids is 1. The predicted molar refractivity (Wildman–Crippen MR) is 88.6 cm³/mol. The number of carbonyl (C=O) groups is 2. The van der Waals surface area contributed by atoms with Crippen LogP contribution < -0.4 is 22.4 Å². The number of nitrogen functional groups attached to an aromatic ring is 1. The molecule has 126 valence electrons. The van der Waals surface area contributed by atoms with Crippen LogP contribution in [-0.4, -0.2) is 30.1 Å². The molecule has 0 fully saturated rings. The number of aryl methyl sites for hydroxylation is 1. The largest absolute Gasteiger partial charge is 0.480 e. The van der Waals surface area contributed by atoms with Gasteiger partial charge in [-0.1, -0.05) is 0 Å². The van der Waals surface area contributed by atoms with Crippen LogP contribution in [0, 0.1) is 6.92 Å². The van der Waals surface area contributed by atoms with Crippen LogP contribution in [0.5, 0.6) is 0 Å². The van der Waals surface area contributed by atoms with Crippen LogP contribution in [0.2, 0.25) is 0 Å². The van der Waals surface area contributed by atoms with Gasteiger partial charge in [0.05, 0.1) is 6.54 Å². The van der Waals surface area contributed by atoms with Gasteiger partial charge in [-0.15, -0.1) is 12.4 Å². The van der Waals surface area contributed by atoms with E-state index >= 15 is 0 Å². The first kappa shape index (κ1) is 20.4. The fourth-order valence-corrected chi connectivity index (χ4v) is 1.59. The van der Waals surface area contributed by atoms with Crippen LogP contribution in [0.1, 0.15) is 5.56 Å². The molecule has 1 aromatic carbocycles. The first-order valence-corrected chi connectivity index (χ1v) is 6.32. The van der Waals surface area contributed by atoms with E-state index in [0.29, 0.717) is 11.3 Å². The highest BCUT2D eigenvalue weighted by Crippen LogP contribution is 2.18. The second kappa shape index (κ2) is 9.44. The minimum absolute atomic E-state index is 0. The Bertz CT molecular complexity index is 745. The molecule has 6 N–H and O–H groups in total. The monoisotopic (exact) mass is 343 g/mol. The van der Waals surface area contributed by atoms with Crippen molar-refractivity contribution in [3.8, 4) is 0 Å². The minimum Gasteiger partial charge on any atom is -0.480 e. The molecule has 0 bridgehead atoms. The molecule has 1 amide bonds. The maximum absolute atomic E-state index is 11.0. The molecule has 1 heterocycles. The van der Waals surface area contributed by atoms with Crippen LogP contribution in [-0.2, 0) is 9.59 Å². The van der Waals surface area contributed by atoms with E-state index in [2.05, 4.69) is 5.32 Å². The number of fused-ring (bicyclic) bond motifs is 1. The summed E-state index contributed by atoms with van der Waals surface area (Å²) in [5.74, 6) is -1.53. The van der Waals surface area contributed by atoms with E-state index in [4.69, 9.17) is 21.0 Å². The van der Waals surface area contributed by atoms with Crippen molar-refractivity contribution < 1.29 is 19.1 Å². The van der Waals surface area contributed by atoms with E-state index in [1.54, 1.807) is 12.1 Å². The van der Waals surface area contributed by atoms with Gasteiger partial charge in [0.2, 0.25) is 5.91 Å². The van der Waals surface area contributed by atoms with Gasteiger partial charge in [0.25, 0.3) is 0 Å². The van der Waals surface area contributed by atoms with Crippen molar-refractivity contribution >= 4 is 40.9 Å². The van der Waals surface area contributed by atoms with Crippen LogP contribution in [0.3, 0.4) is 0 Å². The second-order valence-electron chi connectivity index (χ2n) is 4.38. The topological polar surface area (TPSA) is 149 Å². The summed E-state index contributed by atoms with van der Waals surface area (Å²) in [5, 5.41) is 11.0. The number of carboxylic acid groups (broad SMARTS) is 1. The first-order chi connectivity index (χ1) is 10.3. The zero-order valence-corrected chi connectivity index (χ0v) is 13.2. The van der Waals surface area contributed by atoms with Crippen molar-refractivity contribution in [3.63, 3.8) is 0 Å². The maximum atomic E-state index is 11.0. The second-order valence-corrected chi connectivity index (χ2v) is 4.38. The van der Waals surface area contributed by atoms with E-state index in [1.165, 1.54) is 6.07 Å². The Morgan fingerprint density at radius 1 is 1.30 bits per heavy atom. The number of rotatable bonds is 3. The third kappa shape index (κ3) is 6.81. The molecule has 0 aliphatic rings. The summed E-state index contributed by atoms with van der Waals surface area (Å²) in [5.41, 5.74) is 12.1. The van der Waals surface area contributed by atoms with Crippen molar-refractivity contribution in [2.75, 3.05) is 18.8 Å². The van der Waals surface area contributed by atoms with Gasteiger partial charge < -0.3 is 26.3 Å². The third-order valence-electron chi connectivity index (χ3n) is 2.60. The van der Waals surface area contributed by atoms with Gasteiger partial charge in [-0.05, 0) is 24.6 Å². The van der Waals surface area contributed by atoms with Crippen molar-refractivity contribution in [2.24, 2.45) is 5.73 Å². The SMILES string of the molecule is Cc1cc(=O)oc2cc(N)ccc12.Cl.NCC(=O)NCC(=O)O. The van der Waals surface area contributed by atoms with Crippen molar-refractivity contribution in [3.05, 3.63) is 40.2 Å². The average Bonchev–Trinajstić information content (AvgIpc) is 2.44. The van der Waals surface area contributed by atoms with Crippen molar-refractivity contribution in [1.29, 1.82) is 0 Å². The minimum atomic E-state index is -1.07. The molecule has 0 saturated carbocycles. The molecule has 0 spiro atoms.